The molecule has 3 aromatic rings. The van der Waals surface area contributed by atoms with Crippen LogP contribution in [0.15, 0.2) is 54.7 Å². The van der Waals surface area contributed by atoms with Gasteiger partial charge in [0, 0.05) is 38.1 Å². The lowest BCUT2D eigenvalue weighted by molar-refractivity contribution is 0.102. The first-order valence-corrected chi connectivity index (χ1v) is 11.5. The van der Waals surface area contributed by atoms with Crippen LogP contribution in [-0.2, 0) is 0 Å². The first kappa shape index (κ1) is 23.2. The number of nitrogen functional groups attached to an aromatic ring is 1. The van der Waals surface area contributed by atoms with Gasteiger partial charge in [0.2, 0.25) is 5.95 Å². The normalized spacial score (nSPS) is 13.5. The molecule has 0 radical (unpaired) electrons. The fourth-order valence-electron chi connectivity index (χ4n) is 3.86. The van der Waals surface area contributed by atoms with Crippen molar-refractivity contribution in [2.45, 2.75) is 13.8 Å². The summed E-state index contributed by atoms with van der Waals surface area (Å²) in [4.78, 5) is 25.9. The molecule has 0 unspecified atom stereocenters. The zero-order valence-corrected chi connectivity index (χ0v) is 19.5. The highest BCUT2D eigenvalue weighted by Gasteiger charge is 2.22. The van der Waals surface area contributed by atoms with E-state index in [2.05, 4.69) is 31.2 Å². The van der Waals surface area contributed by atoms with Crippen LogP contribution >= 0.6 is 0 Å². The van der Waals surface area contributed by atoms with E-state index in [1.54, 1.807) is 24.3 Å². The molecule has 0 aliphatic carbocycles. The van der Waals surface area contributed by atoms with Crippen molar-refractivity contribution in [3.8, 4) is 11.5 Å². The van der Waals surface area contributed by atoms with Crippen LogP contribution < -0.4 is 30.3 Å². The van der Waals surface area contributed by atoms with Crippen LogP contribution in [-0.4, -0.2) is 55.3 Å². The Balaban J connectivity index is 1.38. The molecule has 0 spiro atoms. The SMILES string of the molecule is CCOc1ccc(NC(=O)c2cnc(N3CCN(c4ccccc4OCC)CC3)nc2N)cc1. The highest BCUT2D eigenvalue weighted by Crippen LogP contribution is 2.29. The Hall–Kier alpha value is -4.01. The summed E-state index contributed by atoms with van der Waals surface area (Å²) in [6, 6.07) is 15.2. The molecule has 0 atom stereocenters. The van der Waals surface area contributed by atoms with Gasteiger partial charge in [0.25, 0.3) is 5.91 Å². The Morgan fingerprint density at radius 1 is 0.971 bits per heavy atom. The Morgan fingerprint density at radius 3 is 2.32 bits per heavy atom. The molecular weight excluding hydrogens is 432 g/mol. The van der Waals surface area contributed by atoms with Crippen molar-refractivity contribution in [1.82, 2.24) is 9.97 Å². The molecule has 1 fully saturated rings. The third kappa shape index (κ3) is 5.31. The zero-order valence-electron chi connectivity index (χ0n) is 19.5. The van der Waals surface area contributed by atoms with Crippen molar-refractivity contribution >= 4 is 29.0 Å². The Kier molecular flexibility index (Phi) is 7.31. The number of nitrogens with one attached hydrogen (secondary N) is 1. The molecule has 3 N–H and O–H groups in total. The fraction of sp³-hybridized carbons (Fsp3) is 0.320. The van der Waals surface area contributed by atoms with Crippen molar-refractivity contribution in [3.05, 3.63) is 60.3 Å². The van der Waals surface area contributed by atoms with Crippen LogP contribution in [0.4, 0.5) is 23.1 Å². The lowest BCUT2D eigenvalue weighted by atomic mass is 10.2. The van der Waals surface area contributed by atoms with E-state index in [0.29, 0.717) is 24.8 Å². The Labute approximate surface area is 199 Å². The summed E-state index contributed by atoms with van der Waals surface area (Å²) in [7, 11) is 0. The maximum absolute atomic E-state index is 12.7. The van der Waals surface area contributed by atoms with Gasteiger partial charge in [0.05, 0.1) is 18.9 Å². The summed E-state index contributed by atoms with van der Waals surface area (Å²) in [6.45, 7) is 8.18. The van der Waals surface area contributed by atoms with E-state index in [-0.39, 0.29) is 17.3 Å². The standard InChI is InChI=1S/C25H30N6O3/c1-3-33-19-11-9-18(10-12-19)28-24(32)20-17-27-25(29-23(20)26)31-15-13-30(14-16-31)21-7-5-6-8-22(21)34-4-2/h5-12,17H,3-4,13-16H2,1-2H3,(H,28,32)(H2,26,27,29). The smallest absolute Gasteiger partial charge is 0.260 e. The van der Waals surface area contributed by atoms with E-state index in [4.69, 9.17) is 15.2 Å². The monoisotopic (exact) mass is 462 g/mol. The molecule has 2 heterocycles. The van der Waals surface area contributed by atoms with Crippen molar-refractivity contribution in [2.24, 2.45) is 0 Å². The molecule has 0 bridgehead atoms. The van der Waals surface area contributed by atoms with E-state index >= 15 is 0 Å². The van der Waals surface area contributed by atoms with Crippen LogP contribution in [0, 0.1) is 0 Å². The molecule has 1 aromatic heterocycles. The van der Waals surface area contributed by atoms with Gasteiger partial charge < -0.3 is 30.3 Å². The van der Waals surface area contributed by atoms with Crippen LogP contribution in [0.1, 0.15) is 24.2 Å². The minimum atomic E-state index is -0.356. The molecule has 9 heteroatoms. The number of hydrogen-bond acceptors (Lipinski definition) is 8. The number of nitrogens with two attached hydrogens (primary N) is 1. The number of anilines is 4. The Morgan fingerprint density at radius 2 is 1.65 bits per heavy atom. The van der Waals surface area contributed by atoms with Crippen LogP contribution in [0.3, 0.4) is 0 Å². The molecule has 4 rings (SSSR count). The summed E-state index contributed by atoms with van der Waals surface area (Å²) in [6.07, 6.45) is 1.48. The van der Waals surface area contributed by atoms with Crippen molar-refractivity contribution in [3.63, 3.8) is 0 Å². The number of aromatic nitrogens is 2. The first-order valence-electron chi connectivity index (χ1n) is 11.5. The molecule has 2 aromatic carbocycles. The fourth-order valence-corrected chi connectivity index (χ4v) is 3.86. The first-order chi connectivity index (χ1) is 16.6. The number of rotatable bonds is 8. The number of nitrogens with zero attached hydrogens (tertiary/aromatic N) is 4. The second-order valence-corrected chi connectivity index (χ2v) is 7.76. The summed E-state index contributed by atoms with van der Waals surface area (Å²) in [5.41, 5.74) is 8.10. The lowest BCUT2D eigenvalue weighted by Crippen LogP contribution is -2.47. The number of ether oxygens (including phenoxy) is 2. The van der Waals surface area contributed by atoms with Gasteiger partial charge in [-0.15, -0.1) is 0 Å². The highest BCUT2D eigenvalue weighted by atomic mass is 16.5. The van der Waals surface area contributed by atoms with E-state index in [1.807, 2.05) is 32.0 Å². The van der Waals surface area contributed by atoms with E-state index in [0.717, 1.165) is 43.4 Å². The summed E-state index contributed by atoms with van der Waals surface area (Å²) in [5.74, 6) is 1.95. The van der Waals surface area contributed by atoms with Crippen LogP contribution in [0.5, 0.6) is 11.5 Å². The molecule has 0 saturated carbocycles. The second-order valence-electron chi connectivity index (χ2n) is 7.76. The third-order valence-corrected chi connectivity index (χ3v) is 5.54. The maximum Gasteiger partial charge on any atom is 0.260 e. The largest absolute Gasteiger partial charge is 0.494 e. The number of benzene rings is 2. The predicted molar refractivity (Wildman–Crippen MR) is 134 cm³/mol. The molecule has 178 valence electrons. The van der Waals surface area contributed by atoms with Gasteiger partial charge in [-0.2, -0.15) is 4.98 Å². The lowest BCUT2D eigenvalue weighted by Gasteiger charge is -2.36. The van der Waals surface area contributed by atoms with Gasteiger partial charge in [0.15, 0.2) is 0 Å². The number of carbonyl (C=O) groups is 1. The number of hydrogen-bond donors (Lipinski definition) is 2. The highest BCUT2D eigenvalue weighted by molar-refractivity contribution is 6.07. The average molecular weight is 463 g/mol. The number of amides is 1. The summed E-state index contributed by atoms with van der Waals surface area (Å²) < 4.78 is 11.2. The van der Waals surface area contributed by atoms with Gasteiger partial charge in [-0.05, 0) is 50.2 Å². The maximum atomic E-state index is 12.7. The molecule has 1 saturated heterocycles. The van der Waals surface area contributed by atoms with Gasteiger partial charge >= 0.3 is 0 Å². The Bertz CT molecular complexity index is 1110. The minimum Gasteiger partial charge on any atom is -0.494 e. The minimum absolute atomic E-state index is 0.151. The summed E-state index contributed by atoms with van der Waals surface area (Å²) in [5, 5.41) is 2.82. The average Bonchev–Trinajstić information content (AvgIpc) is 2.86. The number of piperazine rings is 1. The van der Waals surface area contributed by atoms with Crippen LogP contribution in [0.25, 0.3) is 0 Å². The van der Waals surface area contributed by atoms with Gasteiger partial charge in [-0.25, -0.2) is 4.98 Å². The van der Waals surface area contributed by atoms with E-state index in [1.165, 1.54) is 6.20 Å². The van der Waals surface area contributed by atoms with Crippen molar-refractivity contribution in [1.29, 1.82) is 0 Å². The van der Waals surface area contributed by atoms with Gasteiger partial charge in [-0.3, -0.25) is 4.79 Å². The quantitative estimate of drug-likeness (QED) is 0.525. The van der Waals surface area contributed by atoms with Crippen molar-refractivity contribution < 1.29 is 14.3 Å². The van der Waals surface area contributed by atoms with Gasteiger partial charge in [0.1, 0.15) is 22.9 Å². The van der Waals surface area contributed by atoms with Crippen molar-refractivity contribution in [2.75, 3.05) is 60.2 Å². The third-order valence-electron chi connectivity index (χ3n) is 5.54. The zero-order chi connectivity index (χ0) is 23.9. The number of carbonyl (C=O) groups excluding carboxylic acids is 1. The topological polar surface area (TPSA) is 106 Å². The molecule has 1 aliphatic rings. The molecule has 9 nitrogen and oxygen atoms in total. The van der Waals surface area contributed by atoms with Crippen LogP contribution in [0.2, 0.25) is 0 Å². The molecule has 1 amide bonds. The molecule has 1 aliphatic heterocycles. The number of para-hydroxylation sites is 2. The predicted octanol–water partition coefficient (Wildman–Crippen LogP) is 3.44. The summed E-state index contributed by atoms with van der Waals surface area (Å²) >= 11 is 0. The van der Waals surface area contributed by atoms with E-state index in [9.17, 15) is 4.79 Å². The molecule has 34 heavy (non-hydrogen) atoms. The van der Waals surface area contributed by atoms with Gasteiger partial charge in [-0.1, -0.05) is 12.1 Å². The molecular formula is C25H30N6O3. The second kappa shape index (κ2) is 10.7. The van der Waals surface area contributed by atoms with E-state index < -0.39 is 0 Å².